The molecule has 0 aliphatic rings. The number of nitrogens with zero attached hydrogens (tertiary/aromatic N) is 2. The minimum absolute atomic E-state index is 0.0427. The lowest BCUT2D eigenvalue weighted by Gasteiger charge is -2.07. The molecule has 0 atom stereocenters. The zero-order chi connectivity index (χ0) is 14.4. The molecule has 0 amide bonds. The van der Waals surface area contributed by atoms with Crippen LogP contribution in [0.3, 0.4) is 0 Å². The van der Waals surface area contributed by atoms with Gasteiger partial charge in [0, 0.05) is 18.8 Å². The van der Waals surface area contributed by atoms with Gasteiger partial charge in [-0.25, -0.2) is 9.78 Å². The molecule has 1 heterocycles. The van der Waals surface area contributed by atoms with E-state index in [-0.39, 0.29) is 11.5 Å². The van der Waals surface area contributed by atoms with Crippen LogP contribution in [0, 0.1) is 0 Å². The van der Waals surface area contributed by atoms with Crippen molar-refractivity contribution in [1.29, 1.82) is 0 Å². The van der Waals surface area contributed by atoms with E-state index < -0.39 is 0 Å². The van der Waals surface area contributed by atoms with Gasteiger partial charge in [-0.3, -0.25) is 9.36 Å². The Hall–Kier alpha value is -2.23. The summed E-state index contributed by atoms with van der Waals surface area (Å²) in [6.07, 6.45) is 5.32. The highest BCUT2D eigenvalue weighted by Gasteiger charge is 2.08. The predicted octanol–water partition coefficient (Wildman–Crippen LogP) is 2.66. The van der Waals surface area contributed by atoms with E-state index in [1.54, 1.807) is 6.20 Å². The number of aromatic nitrogens is 2. The molecule has 0 radical (unpaired) electrons. The molecule has 0 bridgehead atoms. The van der Waals surface area contributed by atoms with Gasteiger partial charge in [0.25, 0.3) is 0 Å². The van der Waals surface area contributed by atoms with E-state index in [4.69, 9.17) is 0 Å². The molecule has 0 spiro atoms. The summed E-state index contributed by atoms with van der Waals surface area (Å²) >= 11 is 0. The molecule has 1 aromatic carbocycles. The maximum absolute atomic E-state index is 12.0. The van der Waals surface area contributed by atoms with Crippen molar-refractivity contribution in [2.24, 2.45) is 0 Å². The maximum atomic E-state index is 12.0. The van der Waals surface area contributed by atoms with E-state index in [1.165, 1.54) is 10.8 Å². The first kappa shape index (κ1) is 14.2. The van der Waals surface area contributed by atoms with Crippen molar-refractivity contribution in [3.05, 3.63) is 64.3 Å². The minimum atomic E-state index is -0.333. The largest absolute Gasteiger partial charge is 0.347 e. The predicted molar refractivity (Wildman–Crippen MR) is 77.9 cm³/mol. The van der Waals surface area contributed by atoms with Crippen LogP contribution in [0.2, 0.25) is 0 Å². The van der Waals surface area contributed by atoms with Gasteiger partial charge in [-0.2, -0.15) is 0 Å². The Bertz CT molecular complexity index is 632. The summed E-state index contributed by atoms with van der Waals surface area (Å²) in [7, 11) is 0. The second kappa shape index (κ2) is 6.80. The second-order valence-corrected chi connectivity index (χ2v) is 4.77. The Balaban J connectivity index is 2.21. The number of benzene rings is 1. The third-order valence-corrected chi connectivity index (χ3v) is 3.13. The van der Waals surface area contributed by atoms with Gasteiger partial charge < -0.3 is 0 Å². The van der Waals surface area contributed by atoms with Gasteiger partial charge in [-0.05, 0) is 12.0 Å². The number of carbonyl (C=O) groups excluding carboxylic acids is 1. The van der Waals surface area contributed by atoms with E-state index in [0.717, 1.165) is 18.4 Å². The van der Waals surface area contributed by atoms with E-state index in [0.29, 0.717) is 18.5 Å². The molecule has 0 unspecified atom stereocenters. The van der Waals surface area contributed by atoms with E-state index in [1.807, 2.05) is 37.3 Å². The van der Waals surface area contributed by atoms with Crippen molar-refractivity contribution in [3.63, 3.8) is 0 Å². The van der Waals surface area contributed by atoms with E-state index >= 15 is 0 Å². The third kappa shape index (κ3) is 3.63. The smallest absolute Gasteiger partial charge is 0.294 e. The Morgan fingerprint density at radius 1 is 1.25 bits per heavy atom. The van der Waals surface area contributed by atoms with Crippen LogP contribution >= 0.6 is 0 Å². The van der Waals surface area contributed by atoms with Gasteiger partial charge in [-0.15, -0.1) is 0 Å². The monoisotopic (exact) mass is 270 g/mol. The van der Waals surface area contributed by atoms with Crippen LogP contribution < -0.4 is 5.69 Å². The van der Waals surface area contributed by atoms with Crippen molar-refractivity contribution >= 4 is 5.78 Å². The molecule has 0 aliphatic heterocycles. The van der Waals surface area contributed by atoms with Crippen LogP contribution in [0.15, 0.2) is 47.5 Å². The lowest BCUT2D eigenvalue weighted by atomic mass is 10.1. The van der Waals surface area contributed by atoms with Crippen LogP contribution in [0.4, 0.5) is 0 Å². The fraction of sp³-hybridized carbons (Fsp3) is 0.312. The highest BCUT2D eigenvalue weighted by Crippen LogP contribution is 2.06. The van der Waals surface area contributed by atoms with Gasteiger partial charge in [0.2, 0.25) is 0 Å². The molecule has 4 nitrogen and oxygen atoms in total. The van der Waals surface area contributed by atoms with Crippen molar-refractivity contribution < 1.29 is 4.79 Å². The zero-order valence-electron chi connectivity index (χ0n) is 11.6. The van der Waals surface area contributed by atoms with Crippen LogP contribution in [-0.4, -0.2) is 15.3 Å². The summed E-state index contributed by atoms with van der Waals surface area (Å²) in [4.78, 5) is 27.5. The van der Waals surface area contributed by atoms with E-state index in [9.17, 15) is 9.59 Å². The number of unbranched alkanes of at least 4 members (excludes halogenated alkanes) is 1. The molecule has 2 aromatic rings. The summed E-state index contributed by atoms with van der Waals surface area (Å²) in [5.41, 5.74) is 1.18. The Morgan fingerprint density at radius 2 is 2.00 bits per heavy atom. The standard InChI is InChI=1S/C16H18N2O2/c1-2-3-9-15(19)14-10-17-16(20)18(12-14)11-13-7-5-4-6-8-13/h4-8,10,12H,2-3,9,11H2,1H3. The fourth-order valence-electron chi connectivity index (χ4n) is 1.97. The maximum Gasteiger partial charge on any atom is 0.347 e. The fourth-order valence-corrected chi connectivity index (χ4v) is 1.97. The molecular weight excluding hydrogens is 252 g/mol. The molecule has 20 heavy (non-hydrogen) atoms. The summed E-state index contributed by atoms with van der Waals surface area (Å²) in [6.45, 7) is 2.48. The van der Waals surface area contributed by atoms with Crippen molar-refractivity contribution in [1.82, 2.24) is 9.55 Å². The third-order valence-electron chi connectivity index (χ3n) is 3.13. The lowest BCUT2D eigenvalue weighted by molar-refractivity contribution is 0.0978. The summed E-state index contributed by atoms with van der Waals surface area (Å²) in [5.74, 6) is 0.0427. The first-order valence-corrected chi connectivity index (χ1v) is 6.84. The molecule has 2 rings (SSSR count). The number of Topliss-reactive ketones (excluding diaryl/α,β-unsaturated/α-hetero) is 1. The Labute approximate surface area is 118 Å². The molecule has 1 aromatic heterocycles. The summed E-state index contributed by atoms with van der Waals surface area (Å²) in [5, 5.41) is 0. The zero-order valence-corrected chi connectivity index (χ0v) is 11.6. The lowest BCUT2D eigenvalue weighted by Crippen LogP contribution is -2.24. The molecule has 104 valence electrons. The number of hydrogen-bond acceptors (Lipinski definition) is 3. The molecular formula is C16H18N2O2. The van der Waals surface area contributed by atoms with Gasteiger partial charge in [0.15, 0.2) is 5.78 Å². The molecule has 0 saturated heterocycles. The molecule has 4 heteroatoms. The van der Waals surface area contributed by atoms with Crippen LogP contribution in [0.1, 0.15) is 42.1 Å². The van der Waals surface area contributed by atoms with Gasteiger partial charge in [-0.1, -0.05) is 43.7 Å². The average Bonchev–Trinajstić information content (AvgIpc) is 2.48. The SMILES string of the molecule is CCCCC(=O)c1cnc(=O)n(Cc2ccccc2)c1. The normalized spacial score (nSPS) is 10.4. The van der Waals surface area contributed by atoms with Crippen molar-refractivity contribution in [2.75, 3.05) is 0 Å². The molecule has 0 saturated carbocycles. The van der Waals surface area contributed by atoms with Gasteiger partial charge in [0.1, 0.15) is 0 Å². The van der Waals surface area contributed by atoms with Gasteiger partial charge in [0.05, 0.1) is 12.1 Å². The number of rotatable bonds is 6. The first-order valence-electron chi connectivity index (χ1n) is 6.84. The van der Waals surface area contributed by atoms with Crippen LogP contribution in [-0.2, 0) is 6.54 Å². The highest BCUT2D eigenvalue weighted by atomic mass is 16.1. The van der Waals surface area contributed by atoms with Crippen LogP contribution in [0.25, 0.3) is 0 Å². The second-order valence-electron chi connectivity index (χ2n) is 4.77. The molecule has 0 N–H and O–H groups in total. The highest BCUT2D eigenvalue weighted by molar-refractivity contribution is 5.95. The summed E-state index contributed by atoms with van der Waals surface area (Å²) in [6, 6.07) is 9.65. The Morgan fingerprint density at radius 3 is 2.70 bits per heavy atom. The van der Waals surface area contributed by atoms with Crippen LogP contribution in [0.5, 0.6) is 0 Å². The van der Waals surface area contributed by atoms with E-state index in [2.05, 4.69) is 4.98 Å². The minimum Gasteiger partial charge on any atom is -0.294 e. The van der Waals surface area contributed by atoms with Crippen molar-refractivity contribution in [3.8, 4) is 0 Å². The van der Waals surface area contributed by atoms with Crippen molar-refractivity contribution in [2.45, 2.75) is 32.7 Å². The quantitative estimate of drug-likeness (QED) is 0.758. The molecule has 0 aliphatic carbocycles. The topological polar surface area (TPSA) is 52.0 Å². The number of ketones is 1. The number of hydrogen-bond donors (Lipinski definition) is 0. The summed E-state index contributed by atoms with van der Waals surface area (Å²) < 4.78 is 1.48. The Kier molecular flexibility index (Phi) is 4.82. The average molecular weight is 270 g/mol. The van der Waals surface area contributed by atoms with Gasteiger partial charge >= 0.3 is 5.69 Å². The number of carbonyl (C=O) groups is 1. The first-order chi connectivity index (χ1) is 9.70. The molecule has 0 fully saturated rings.